The molecule has 1 aromatic carbocycles. The van der Waals surface area contributed by atoms with Gasteiger partial charge in [-0.1, -0.05) is 36.0 Å². The van der Waals surface area contributed by atoms with E-state index in [-0.39, 0.29) is 33.4 Å². The van der Waals surface area contributed by atoms with Gasteiger partial charge in [-0.05, 0) is 50.2 Å². The summed E-state index contributed by atoms with van der Waals surface area (Å²) in [5.41, 5.74) is 0.245. The number of amides is 1. The van der Waals surface area contributed by atoms with Gasteiger partial charge in [-0.15, -0.1) is 0 Å². The molecule has 2 aliphatic rings. The van der Waals surface area contributed by atoms with E-state index in [4.69, 9.17) is 23.2 Å². The summed E-state index contributed by atoms with van der Waals surface area (Å²) >= 11 is 12.3. The average Bonchev–Trinajstić information content (AvgIpc) is 3.21. The fourth-order valence-electron chi connectivity index (χ4n) is 4.01. The van der Waals surface area contributed by atoms with Crippen LogP contribution in [0.2, 0.25) is 10.0 Å². The van der Waals surface area contributed by atoms with Crippen molar-refractivity contribution in [1.82, 2.24) is 5.32 Å². The topological polar surface area (TPSA) is 49.3 Å². The van der Waals surface area contributed by atoms with Crippen LogP contribution in [0.3, 0.4) is 0 Å². The van der Waals surface area contributed by atoms with Crippen molar-refractivity contribution in [2.75, 3.05) is 0 Å². The van der Waals surface area contributed by atoms with Gasteiger partial charge >= 0.3 is 0 Å². The van der Waals surface area contributed by atoms with Gasteiger partial charge in [0, 0.05) is 11.5 Å². The molecule has 3 rings (SSSR count). The van der Waals surface area contributed by atoms with E-state index in [0.29, 0.717) is 12.8 Å². The van der Waals surface area contributed by atoms with Crippen LogP contribution in [0.5, 0.6) is 0 Å². The highest BCUT2D eigenvalue weighted by Gasteiger charge is 2.36. The van der Waals surface area contributed by atoms with Crippen molar-refractivity contribution in [3.63, 3.8) is 0 Å². The number of halogens is 3. The molecule has 2 fully saturated rings. The summed E-state index contributed by atoms with van der Waals surface area (Å²) in [5, 5.41) is 13.3. The Labute approximate surface area is 151 Å². The van der Waals surface area contributed by atoms with E-state index >= 15 is 0 Å². The van der Waals surface area contributed by atoms with E-state index in [0.717, 1.165) is 32.1 Å². The minimum Gasteiger partial charge on any atom is -0.393 e. The molecule has 0 bridgehead atoms. The SMILES string of the molecule is O=C(N[C@H](c1c(F)ccc(Cl)c1Cl)[C@@H]1CC[C@H](O)C1)C1CCCC1. The number of aliphatic hydroxyl groups excluding tert-OH is 1. The van der Waals surface area contributed by atoms with E-state index < -0.39 is 18.0 Å². The van der Waals surface area contributed by atoms with Crippen molar-refractivity contribution >= 4 is 29.1 Å². The largest absolute Gasteiger partial charge is 0.393 e. The number of carbonyl (C=O) groups excluding carboxylic acids is 1. The van der Waals surface area contributed by atoms with E-state index in [9.17, 15) is 14.3 Å². The smallest absolute Gasteiger partial charge is 0.223 e. The van der Waals surface area contributed by atoms with Crippen LogP contribution >= 0.6 is 23.2 Å². The number of benzene rings is 1. The molecule has 132 valence electrons. The second-order valence-electron chi connectivity index (χ2n) is 6.95. The fraction of sp³-hybridized carbons (Fsp3) is 0.611. The van der Waals surface area contributed by atoms with Crippen LogP contribution in [0.1, 0.15) is 56.6 Å². The van der Waals surface area contributed by atoms with E-state index in [1.165, 1.54) is 12.1 Å². The fourth-order valence-corrected chi connectivity index (χ4v) is 4.44. The first-order valence-corrected chi connectivity index (χ1v) is 9.34. The third kappa shape index (κ3) is 3.71. The predicted octanol–water partition coefficient (Wildman–Crippen LogP) is 4.64. The molecular weight excluding hydrogens is 352 g/mol. The molecule has 0 radical (unpaired) electrons. The van der Waals surface area contributed by atoms with Gasteiger partial charge in [0.15, 0.2) is 0 Å². The molecule has 0 aliphatic heterocycles. The van der Waals surface area contributed by atoms with Gasteiger partial charge in [0.25, 0.3) is 0 Å². The lowest BCUT2D eigenvalue weighted by atomic mass is 9.90. The highest BCUT2D eigenvalue weighted by molar-refractivity contribution is 6.42. The number of hydrogen-bond donors (Lipinski definition) is 2. The molecule has 2 saturated carbocycles. The van der Waals surface area contributed by atoms with Gasteiger partial charge in [0.1, 0.15) is 5.82 Å². The Balaban J connectivity index is 1.90. The van der Waals surface area contributed by atoms with Gasteiger partial charge < -0.3 is 10.4 Å². The third-order valence-corrected chi connectivity index (χ3v) is 6.15. The minimum absolute atomic E-state index is 0.0140. The summed E-state index contributed by atoms with van der Waals surface area (Å²) in [4.78, 5) is 12.6. The summed E-state index contributed by atoms with van der Waals surface area (Å²) in [6, 6.07) is 2.15. The Hall–Kier alpha value is -0.840. The summed E-state index contributed by atoms with van der Waals surface area (Å²) in [5.74, 6) is -0.576. The van der Waals surface area contributed by atoms with Crippen LogP contribution in [-0.2, 0) is 4.79 Å². The van der Waals surface area contributed by atoms with Crippen molar-refractivity contribution in [2.24, 2.45) is 11.8 Å². The number of nitrogens with one attached hydrogen (secondary N) is 1. The molecule has 0 unspecified atom stereocenters. The molecule has 0 spiro atoms. The van der Waals surface area contributed by atoms with Gasteiger partial charge in [0.2, 0.25) is 5.91 Å². The molecule has 3 nitrogen and oxygen atoms in total. The number of hydrogen-bond acceptors (Lipinski definition) is 2. The van der Waals surface area contributed by atoms with Crippen molar-refractivity contribution in [3.05, 3.63) is 33.6 Å². The van der Waals surface area contributed by atoms with Crippen molar-refractivity contribution < 1.29 is 14.3 Å². The van der Waals surface area contributed by atoms with Crippen molar-refractivity contribution in [2.45, 2.75) is 57.1 Å². The van der Waals surface area contributed by atoms with Gasteiger partial charge in [-0.25, -0.2) is 4.39 Å². The monoisotopic (exact) mass is 373 g/mol. The molecule has 1 aromatic rings. The standard InChI is InChI=1S/C18H22Cl2FNO2/c19-13-7-8-14(21)15(16(13)20)17(11-5-6-12(23)9-11)22-18(24)10-3-1-2-4-10/h7-8,10-12,17,23H,1-6,9H2,(H,22,24)/t11-,12+,17+/m1/s1. The molecule has 24 heavy (non-hydrogen) atoms. The second-order valence-corrected chi connectivity index (χ2v) is 7.74. The third-order valence-electron chi connectivity index (χ3n) is 5.33. The zero-order chi connectivity index (χ0) is 17.3. The molecule has 3 atom stereocenters. The molecule has 2 N–H and O–H groups in total. The van der Waals surface area contributed by atoms with E-state index in [2.05, 4.69) is 5.32 Å². The van der Waals surface area contributed by atoms with Crippen molar-refractivity contribution in [1.29, 1.82) is 0 Å². The Morgan fingerprint density at radius 3 is 2.54 bits per heavy atom. The molecule has 6 heteroatoms. The zero-order valence-electron chi connectivity index (χ0n) is 13.4. The number of rotatable bonds is 4. The van der Waals surface area contributed by atoms with Crippen LogP contribution in [0, 0.1) is 17.7 Å². The van der Waals surface area contributed by atoms with Crippen molar-refractivity contribution in [3.8, 4) is 0 Å². The Kier molecular flexibility index (Phi) is 5.68. The van der Waals surface area contributed by atoms with Gasteiger partial charge in [-0.3, -0.25) is 4.79 Å². The van der Waals surface area contributed by atoms with Gasteiger partial charge in [-0.2, -0.15) is 0 Å². The highest BCUT2D eigenvalue weighted by Crippen LogP contribution is 2.42. The molecule has 0 heterocycles. The van der Waals surface area contributed by atoms with Gasteiger partial charge in [0.05, 0.1) is 22.2 Å². The lowest BCUT2D eigenvalue weighted by Crippen LogP contribution is -2.37. The molecule has 0 aromatic heterocycles. The summed E-state index contributed by atoms with van der Waals surface area (Å²) in [7, 11) is 0. The van der Waals surface area contributed by atoms with E-state index in [1.807, 2.05) is 0 Å². The lowest BCUT2D eigenvalue weighted by molar-refractivity contribution is -0.126. The Morgan fingerprint density at radius 1 is 1.21 bits per heavy atom. The maximum absolute atomic E-state index is 14.5. The van der Waals surface area contributed by atoms with Crippen LogP contribution in [-0.4, -0.2) is 17.1 Å². The van der Waals surface area contributed by atoms with Crippen LogP contribution in [0.15, 0.2) is 12.1 Å². The first-order valence-electron chi connectivity index (χ1n) is 8.59. The first kappa shape index (κ1) is 18.0. The minimum atomic E-state index is -0.554. The normalized spacial score (nSPS) is 25.8. The Bertz CT molecular complexity index is 619. The number of aliphatic hydroxyl groups is 1. The predicted molar refractivity (Wildman–Crippen MR) is 92.6 cm³/mol. The summed E-state index contributed by atoms with van der Waals surface area (Å²) in [6.45, 7) is 0. The maximum Gasteiger partial charge on any atom is 0.223 e. The summed E-state index contributed by atoms with van der Waals surface area (Å²) in [6.07, 6.45) is 5.34. The van der Waals surface area contributed by atoms with Crippen LogP contribution < -0.4 is 5.32 Å². The zero-order valence-corrected chi connectivity index (χ0v) is 14.9. The second kappa shape index (κ2) is 7.59. The molecular formula is C18H22Cl2FNO2. The molecule has 1 amide bonds. The van der Waals surface area contributed by atoms with Crippen LogP contribution in [0.4, 0.5) is 4.39 Å². The van der Waals surface area contributed by atoms with E-state index in [1.54, 1.807) is 0 Å². The average molecular weight is 374 g/mol. The molecule has 0 saturated heterocycles. The lowest BCUT2D eigenvalue weighted by Gasteiger charge is -2.28. The highest BCUT2D eigenvalue weighted by atomic mass is 35.5. The first-order chi connectivity index (χ1) is 11.5. The summed E-state index contributed by atoms with van der Waals surface area (Å²) < 4.78 is 14.5. The quantitative estimate of drug-likeness (QED) is 0.755. The van der Waals surface area contributed by atoms with Crippen LogP contribution in [0.25, 0.3) is 0 Å². The number of carbonyl (C=O) groups is 1. The molecule has 2 aliphatic carbocycles. The maximum atomic E-state index is 14.5. The Morgan fingerprint density at radius 2 is 1.92 bits per heavy atom.